The van der Waals surface area contributed by atoms with E-state index in [9.17, 15) is 0 Å². The molecule has 3 heterocycles. The molecule has 2 aliphatic rings. The standard InChI is InChI=1S/C23H30ClN5O2S/c24-19-4-6-21(7-5-19)32-16-9-26-23(27-17-20-18-30-14-15-31-20)29-12-10-28(11-13-29)22-3-1-2-8-25-22/h1-8,20H,9-18H2,(H,26,27)/t20-/m1/s1. The number of aliphatic imine (C=N–C) groups is 1. The number of aromatic nitrogens is 1. The van der Waals surface area contributed by atoms with Crippen LogP contribution < -0.4 is 10.2 Å². The van der Waals surface area contributed by atoms with E-state index in [4.69, 9.17) is 26.1 Å². The van der Waals surface area contributed by atoms with Gasteiger partial charge in [-0.15, -0.1) is 11.8 Å². The summed E-state index contributed by atoms with van der Waals surface area (Å²) in [6, 6.07) is 14.0. The summed E-state index contributed by atoms with van der Waals surface area (Å²) in [5.41, 5.74) is 0. The number of thioether (sulfide) groups is 1. The maximum atomic E-state index is 5.98. The predicted octanol–water partition coefficient (Wildman–Crippen LogP) is 3.01. The summed E-state index contributed by atoms with van der Waals surface area (Å²) in [6.45, 7) is 6.98. The molecule has 4 rings (SSSR count). The summed E-state index contributed by atoms with van der Waals surface area (Å²) in [5.74, 6) is 2.92. The first-order valence-corrected chi connectivity index (χ1v) is 12.4. The average molecular weight is 476 g/mol. The first-order chi connectivity index (χ1) is 15.8. The Hall–Kier alpha value is -2.00. The van der Waals surface area contributed by atoms with Crippen molar-refractivity contribution in [3.05, 3.63) is 53.7 Å². The quantitative estimate of drug-likeness (QED) is 0.286. The molecule has 0 unspecified atom stereocenters. The zero-order valence-electron chi connectivity index (χ0n) is 18.2. The normalized spacial score (nSPS) is 19.8. The number of hydrogen-bond donors (Lipinski definition) is 1. The number of hydrogen-bond acceptors (Lipinski definition) is 6. The maximum absolute atomic E-state index is 5.98. The van der Waals surface area contributed by atoms with Gasteiger partial charge < -0.3 is 24.6 Å². The van der Waals surface area contributed by atoms with Gasteiger partial charge in [-0.25, -0.2) is 4.98 Å². The highest BCUT2D eigenvalue weighted by atomic mass is 35.5. The number of guanidine groups is 1. The van der Waals surface area contributed by atoms with Crippen LogP contribution in [-0.2, 0) is 9.47 Å². The van der Waals surface area contributed by atoms with Crippen molar-refractivity contribution in [3.8, 4) is 0 Å². The second-order valence-corrected chi connectivity index (χ2v) is 9.23. The zero-order valence-corrected chi connectivity index (χ0v) is 19.7. The second kappa shape index (κ2) is 12.3. The summed E-state index contributed by atoms with van der Waals surface area (Å²) in [7, 11) is 0. The van der Waals surface area contributed by atoms with E-state index in [0.29, 0.717) is 26.4 Å². The van der Waals surface area contributed by atoms with Gasteiger partial charge in [-0.1, -0.05) is 17.7 Å². The molecule has 0 radical (unpaired) electrons. The Balaban J connectivity index is 1.31. The minimum Gasteiger partial charge on any atom is -0.376 e. The van der Waals surface area contributed by atoms with Crippen molar-refractivity contribution in [3.63, 3.8) is 0 Å². The van der Waals surface area contributed by atoms with Crippen molar-refractivity contribution in [2.24, 2.45) is 4.99 Å². The number of nitrogens with one attached hydrogen (secondary N) is 1. The summed E-state index contributed by atoms with van der Waals surface area (Å²) in [4.78, 5) is 15.2. The largest absolute Gasteiger partial charge is 0.376 e. The number of rotatable bonds is 7. The van der Waals surface area contributed by atoms with Crippen LogP contribution in [0.25, 0.3) is 0 Å². The molecule has 9 heteroatoms. The molecule has 1 aromatic heterocycles. The smallest absolute Gasteiger partial charge is 0.194 e. The van der Waals surface area contributed by atoms with Crippen LogP contribution in [0.1, 0.15) is 0 Å². The molecule has 0 saturated carbocycles. The van der Waals surface area contributed by atoms with Crippen LogP contribution in [0.4, 0.5) is 5.82 Å². The van der Waals surface area contributed by atoms with E-state index in [0.717, 1.165) is 55.3 Å². The number of piperazine rings is 1. The van der Waals surface area contributed by atoms with Crippen molar-refractivity contribution < 1.29 is 9.47 Å². The van der Waals surface area contributed by atoms with Crippen molar-refractivity contribution in [2.45, 2.75) is 11.0 Å². The van der Waals surface area contributed by atoms with Crippen LogP contribution in [0, 0.1) is 0 Å². The zero-order chi connectivity index (χ0) is 22.0. The molecule has 0 amide bonds. The van der Waals surface area contributed by atoms with Crippen molar-refractivity contribution in [2.75, 3.05) is 69.7 Å². The second-order valence-electron chi connectivity index (χ2n) is 7.62. The molecule has 0 aliphatic carbocycles. The predicted molar refractivity (Wildman–Crippen MR) is 131 cm³/mol. The third-order valence-electron chi connectivity index (χ3n) is 5.35. The van der Waals surface area contributed by atoms with Gasteiger partial charge in [0.2, 0.25) is 0 Å². The van der Waals surface area contributed by atoms with E-state index in [1.807, 2.05) is 30.5 Å². The number of anilines is 1. The Labute approximate surface area is 199 Å². The molecule has 32 heavy (non-hydrogen) atoms. The summed E-state index contributed by atoms with van der Waals surface area (Å²) in [5, 5.41) is 4.33. The lowest BCUT2D eigenvalue weighted by Crippen LogP contribution is -2.53. The molecule has 1 aromatic carbocycles. The topological polar surface area (TPSA) is 62.2 Å². The average Bonchev–Trinajstić information content (AvgIpc) is 2.86. The van der Waals surface area contributed by atoms with Gasteiger partial charge in [-0.05, 0) is 36.4 Å². The van der Waals surface area contributed by atoms with Gasteiger partial charge in [0, 0.05) is 54.6 Å². The Morgan fingerprint density at radius 1 is 1.12 bits per heavy atom. The highest BCUT2D eigenvalue weighted by molar-refractivity contribution is 7.99. The lowest BCUT2D eigenvalue weighted by molar-refractivity contribution is -0.0833. The first kappa shape index (κ1) is 23.2. The van der Waals surface area contributed by atoms with Gasteiger partial charge in [-0.3, -0.25) is 4.99 Å². The number of halogens is 1. The fourth-order valence-electron chi connectivity index (χ4n) is 3.65. The van der Waals surface area contributed by atoms with Crippen molar-refractivity contribution in [1.82, 2.24) is 15.2 Å². The molecule has 1 atom stereocenters. The highest BCUT2D eigenvalue weighted by Gasteiger charge is 2.21. The van der Waals surface area contributed by atoms with Crippen molar-refractivity contribution >= 4 is 35.1 Å². The van der Waals surface area contributed by atoms with Crippen LogP contribution >= 0.6 is 23.4 Å². The first-order valence-electron chi connectivity index (χ1n) is 11.0. The van der Waals surface area contributed by atoms with E-state index >= 15 is 0 Å². The monoisotopic (exact) mass is 475 g/mol. The molecule has 0 bridgehead atoms. The van der Waals surface area contributed by atoms with E-state index in [1.165, 1.54) is 4.90 Å². The van der Waals surface area contributed by atoms with E-state index < -0.39 is 0 Å². The molecule has 2 aliphatic heterocycles. The number of ether oxygens (including phenoxy) is 2. The van der Waals surface area contributed by atoms with Crippen LogP contribution in [-0.4, -0.2) is 86.8 Å². The minimum atomic E-state index is 0.0267. The summed E-state index contributed by atoms with van der Waals surface area (Å²) < 4.78 is 11.3. The van der Waals surface area contributed by atoms with Gasteiger partial charge in [0.25, 0.3) is 0 Å². The van der Waals surface area contributed by atoms with Crippen LogP contribution in [0.2, 0.25) is 5.02 Å². The van der Waals surface area contributed by atoms with Gasteiger partial charge in [-0.2, -0.15) is 0 Å². The lowest BCUT2D eigenvalue weighted by Gasteiger charge is -2.37. The molecule has 2 aromatic rings. The fourth-order valence-corrected chi connectivity index (χ4v) is 4.54. The third-order valence-corrected chi connectivity index (χ3v) is 6.62. The molecule has 172 valence electrons. The minimum absolute atomic E-state index is 0.0267. The van der Waals surface area contributed by atoms with Gasteiger partial charge in [0.1, 0.15) is 11.9 Å². The molecular formula is C23H30ClN5O2S. The number of nitrogens with zero attached hydrogens (tertiary/aromatic N) is 4. The number of pyridine rings is 1. The van der Waals surface area contributed by atoms with Crippen LogP contribution in [0.3, 0.4) is 0 Å². The maximum Gasteiger partial charge on any atom is 0.194 e. The Kier molecular flexibility index (Phi) is 8.90. The molecule has 7 nitrogen and oxygen atoms in total. The molecule has 2 saturated heterocycles. The number of benzene rings is 1. The highest BCUT2D eigenvalue weighted by Crippen LogP contribution is 2.20. The van der Waals surface area contributed by atoms with E-state index in [2.05, 4.69) is 38.3 Å². The van der Waals surface area contributed by atoms with Gasteiger partial charge in [0.15, 0.2) is 5.96 Å². The fraction of sp³-hybridized carbons (Fsp3) is 0.478. The van der Waals surface area contributed by atoms with Crippen LogP contribution in [0.15, 0.2) is 58.5 Å². The Bertz CT molecular complexity index is 841. The SMILES string of the molecule is Clc1ccc(SCCNC(=NC[C@@H]2COCCO2)N2CCN(c3ccccn3)CC2)cc1. The van der Waals surface area contributed by atoms with Gasteiger partial charge in [0.05, 0.1) is 26.4 Å². The third kappa shape index (κ3) is 7.00. The molecule has 2 fully saturated rings. The summed E-state index contributed by atoms with van der Waals surface area (Å²) >= 11 is 7.79. The lowest BCUT2D eigenvalue weighted by atomic mass is 10.3. The summed E-state index contributed by atoms with van der Waals surface area (Å²) in [6.07, 6.45) is 1.87. The van der Waals surface area contributed by atoms with E-state index in [-0.39, 0.29) is 6.10 Å². The van der Waals surface area contributed by atoms with E-state index in [1.54, 1.807) is 11.8 Å². The van der Waals surface area contributed by atoms with Crippen molar-refractivity contribution in [1.29, 1.82) is 0 Å². The molecule has 0 spiro atoms. The molecule has 1 N–H and O–H groups in total. The Morgan fingerprint density at radius 3 is 2.69 bits per heavy atom. The Morgan fingerprint density at radius 2 is 1.97 bits per heavy atom. The van der Waals surface area contributed by atoms with Crippen LogP contribution in [0.5, 0.6) is 0 Å². The molecular weight excluding hydrogens is 446 g/mol. The van der Waals surface area contributed by atoms with Gasteiger partial charge >= 0.3 is 0 Å².